The number of nitriles is 1. The summed E-state index contributed by atoms with van der Waals surface area (Å²) in [7, 11) is -4.38. The van der Waals surface area contributed by atoms with Crippen molar-refractivity contribution < 1.29 is 22.3 Å². The van der Waals surface area contributed by atoms with Gasteiger partial charge in [0.15, 0.2) is 4.90 Å². The summed E-state index contributed by atoms with van der Waals surface area (Å²) in [6, 6.07) is 2.74. The molecule has 0 bridgehead atoms. The van der Waals surface area contributed by atoms with E-state index in [0.717, 1.165) is 0 Å². The van der Waals surface area contributed by atoms with Gasteiger partial charge in [0.05, 0.1) is 18.2 Å². The highest BCUT2D eigenvalue weighted by Crippen LogP contribution is 2.20. The molecule has 0 aliphatic heterocycles. The normalized spacial score (nSPS) is 11.2. The highest BCUT2D eigenvalue weighted by Gasteiger charge is 2.24. The zero-order valence-electron chi connectivity index (χ0n) is 8.44. The van der Waals surface area contributed by atoms with Gasteiger partial charge in [-0.2, -0.15) is 5.26 Å². The van der Waals surface area contributed by atoms with Crippen LogP contribution in [0.5, 0.6) is 0 Å². The van der Waals surface area contributed by atoms with E-state index >= 15 is 0 Å². The number of hydrogen-bond acceptors (Lipinski definition) is 4. The van der Waals surface area contributed by atoms with Gasteiger partial charge < -0.3 is 5.11 Å². The smallest absolute Gasteiger partial charge is 0.246 e. The Kier molecular flexibility index (Phi) is 4.11. The van der Waals surface area contributed by atoms with Gasteiger partial charge in [0.1, 0.15) is 11.6 Å². The topological polar surface area (TPSA) is 90.2 Å². The van der Waals surface area contributed by atoms with Crippen molar-refractivity contribution in [1.82, 2.24) is 4.72 Å². The van der Waals surface area contributed by atoms with E-state index in [1.807, 2.05) is 0 Å². The second kappa shape index (κ2) is 5.18. The quantitative estimate of drug-likeness (QED) is 0.805. The molecule has 0 radical (unpaired) electrons. The molecule has 0 unspecified atom stereocenters. The number of aliphatic hydroxyl groups is 1. The van der Waals surface area contributed by atoms with E-state index in [4.69, 9.17) is 10.4 Å². The van der Waals surface area contributed by atoms with Crippen LogP contribution in [0.1, 0.15) is 5.56 Å². The Bertz CT molecular complexity index is 543. The fraction of sp³-hybridized carbons (Fsp3) is 0.222. The molecule has 0 aromatic heterocycles. The standard InChI is InChI=1S/C9H8F2N2O3S/c10-7-3-6(5-12)4-8(11)9(7)17(15,16)13-1-2-14/h3-4,13-14H,1-2H2. The maximum Gasteiger partial charge on any atom is 0.246 e. The highest BCUT2D eigenvalue weighted by atomic mass is 32.2. The number of halogens is 2. The monoisotopic (exact) mass is 262 g/mol. The molecule has 0 saturated heterocycles. The second-order valence-corrected chi connectivity index (χ2v) is 4.71. The summed E-state index contributed by atoms with van der Waals surface area (Å²) in [6.45, 7) is -0.861. The van der Waals surface area contributed by atoms with Crippen molar-refractivity contribution in [2.24, 2.45) is 0 Å². The van der Waals surface area contributed by atoms with Crippen LogP contribution in [-0.2, 0) is 10.0 Å². The summed E-state index contributed by atoms with van der Waals surface area (Å²) in [5.74, 6) is -2.71. The van der Waals surface area contributed by atoms with E-state index in [0.29, 0.717) is 12.1 Å². The lowest BCUT2D eigenvalue weighted by molar-refractivity contribution is 0.300. The van der Waals surface area contributed by atoms with E-state index in [9.17, 15) is 17.2 Å². The van der Waals surface area contributed by atoms with Crippen molar-refractivity contribution in [3.05, 3.63) is 29.3 Å². The van der Waals surface area contributed by atoms with Crippen LogP contribution in [-0.4, -0.2) is 26.7 Å². The average Bonchev–Trinajstić information content (AvgIpc) is 2.25. The molecule has 0 aliphatic carbocycles. The number of nitrogens with one attached hydrogen (secondary N) is 1. The van der Waals surface area contributed by atoms with Gasteiger partial charge in [-0.25, -0.2) is 21.9 Å². The number of hydrogen-bond donors (Lipinski definition) is 2. The number of rotatable bonds is 4. The van der Waals surface area contributed by atoms with Gasteiger partial charge in [-0.05, 0) is 12.1 Å². The van der Waals surface area contributed by atoms with E-state index in [-0.39, 0.29) is 12.1 Å². The third-order valence-corrected chi connectivity index (χ3v) is 3.31. The summed E-state index contributed by atoms with van der Waals surface area (Å²) >= 11 is 0. The van der Waals surface area contributed by atoms with Gasteiger partial charge in [-0.15, -0.1) is 0 Å². The molecule has 0 spiro atoms. The predicted molar refractivity (Wildman–Crippen MR) is 53.3 cm³/mol. The van der Waals surface area contributed by atoms with Crippen LogP contribution >= 0.6 is 0 Å². The van der Waals surface area contributed by atoms with E-state index in [1.165, 1.54) is 6.07 Å². The summed E-state index contributed by atoms with van der Waals surface area (Å²) in [6.07, 6.45) is 0. The lowest BCUT2D eigenvalue weighted by Gasteiger charge is -2.07. The van der Waals surface area contributed by atoms with Crippen LogP contribution in [0.3, 0.4) is 0 Å². The Hall–Kier alpha value is -1.56. The first kappa shape index (κ1) is 13.5. The average molecular weight is 262 g/mol. The summed E-state index contributed by atoms with van der Waals surface area (Å²) in [5.41, 5.74) is -0.318. The molecule has 1 aromatic carbocycles. The molecule has 92 valence electrons. The molecule has 5 nitrogen and oxygen atoms in total. The predicted octanol–water partition coefficient (Wildman–Crippen LogP) is 0.107. The number of benzene rings is 1. The Balaban J connectivity index is 3.29. The molecule has 1 rings (SSSR count). The molecule has 0 amide bonds. The maximum atomic E-state index is 13.3. The van der Waals surface area contributed by atoms with E-state index < -0.39 is 33.2 Å². The van der Waals surface area contributed by atoms with Gasteiger partial charge in [0.25, 0.3) is 0 Å². The molecule has 0 saturated carbocycles. The summed E-state index contributed by atoms with van der Waals surface area (Å²) in [5, 5.41) is 16.9. The molecular weight excluding hydrogens is 254 g/mol. The SMILES string of the molecule is N#Cc1cc(F)c(S(=O)(=O)NCCO)c(F)c1. The zero-order valence-corrected chi connectivity index (χ0v) is 9.26. The minimum atomic E-state index is -4.38. The lowest BCUT2D eigenvalue weighted by atomic mass is 10.2. The number of aliphatic hydroxyl groups excluding tert-OH is 1. The molecule has 0 heterocycles. The first-order valence-corrected chi connectivity index (χ1v) is 5.90. The molecule has 17 heavy (non-hydrogen) atoms. The van der Waals surface area contributed by atoms with E-state index in [1.54, 1.807) is 4.72 Å². The Morgan fingerprint density at radius 3 is 2.29 bits per heavy atom. The van der Waals surface area contributed by atoms with Crippen LogP contribution < -0.4 is 4.72 Å². The van der Waals surface area contributed by atoms with Crippen molar-refractivity contribution in [2.45, 2.75) is 4.90 Å². The second-order valence-electron chi connectivity index (χ2n) is 3.00. The first-order valence-electron chi connectivity index (χ1n) is 4.42. The van der Waals surface area contributed by atoms with Gasteiger partial charge >= 0.3 is 0 Å². The molecular formula is C9H8F2N2O3S. The van der Waals surface area contributed by atoms with Crippen LogP contribution in [0.4, 0.5) is 8.78 Å². The van der Waals surface area contributed by atoms with Gasteiger partial charge in [0, 0.05) is 6.54 Å². The summed E-state index contributed by atoms with van der Waals surface area (Å²) < 4.78 is 51.4. The Morgan fingerprint density at radius 1 is 1.35 bits per heavy atom. The van der Waals surface area contributed by atoms with Crippen molar-refractivity contribution in [1.29, 1.82) is 5.26 Å². The van der Waals surface area contributed by atoms with Crippen LogP contribution in [0.25, 0.3) is 0 Å². The number of nitrogens with zero attached hydrogens (tertiary/aromatic N) is 1. The molecule has 2 N–H and O–H groups in total. The minimum Gasteiger partial charge on any atom is -0.395 e. The molecule has 1 aromatic rings. The van der Waals surface area contributed by atoms with E-state index in [2.05, 4.69) is 0 Å². The van der Waals surface area contributed by atoms with Crippen LogP contribution in [0, 0.1) is 23.0 Å². The summed E-state index contributed by atoms with van der Waals surface area (Å²) in [4.78, 5) is -1.16. The molecule has 8 heteroatoms. The van der Waals surface area contributed by atoms with Crippen molar-refractivity contribution >= 4 is 10.0 Å². The van der Waals surface area contributed by atoms with Gasteiger partial charge in [0.2, 0.25) is 10.0 Å². The van der Waals surface area contributed by atoms with Crippen molar-refractivity contribution in [3.63, 3.8) is 0 Å². The van der Waals surface area contributed by atoms with Crippen LogP contribution in [0.2, 0.25) is 0 Å². The van der Waals surface area contributed by atoms with Crippen molar-refractivity contribution in [3.8, 4) is 6.07 Å². The van der Waals surface area contributed by atoms with Gasteiger partial charge in [-0.3, -0.25) is 0 Å². The fourth-order valence-electron chi connectivity index (χ4n) is 1.13. The Morgan fingerprint density at radius 2 is 1.88 bits per heavy atom. The molecule has 0 atom stereocenters. The maximum absolute atomic E-state index is 13.3. The molecule has 0 aliphatic rings. The molecule has 0 fully saturated rings. The third kappa shape index (κ3) is 2.97. The largest absolute Gasteiger partial charge is 0.395 e. The van der Waals surface area contributed by atoms with Crippen molar-refractivity contribution in [2.75, 3.05) is 13.2 Å². The zero-order chi connectivity index (χ0) is 13.1. The third-order valence-electron chi connectivity index (χ3n) is 1.80. The van der Waals surface area contributed by atoms with Gasteiger partial charge in [-0.1, -0.05) is 0 Å². The first-order chi connectivity index (χ1) is 7.92. The Labute approximate surface area is 96.4 Å². The lowest BCUT2D eigenvalue weighted by Crippen LogP contribution is -2.28. The fourth-order valence-corrected chi connectivity index (χ4v) is 2.27. The highest BCUT2D eigenvalue weighted by molar-refractivity contribution is 7.89. The van der Waals surface area contributed by atoms with Crippen LogP contribution in [0.15, 0.2) is 17.0 Å². The minimum absolute atomic E-state index is 0.318. The number of sulfonamides is 1.